The van der Waals surface area contributed by atoms with Gasteiger partial charge in [-0.2, -0.15) is 5.26 Å². The first kappa shape index (κ1) is 9.66. The molecule has 1 heterocycles. The Balaban J connectivity index is 2.55. The Morgan fingerprint density at radius 2 is 2.40 bits per heavy atom. The fourth-order valence-corrected chi connectivity index (χ4v) is 1.81. The normalized spacial score (nSPS) is 13.1. The number of aromatic nitrogens is 1. The van der Waals surface area contributed by atoms with Crippen molar-refractivity contribution >= 4 is 5.97 Å². The second-order valence-electron chi connectivity index (χ2n) is 3.45. The molecule has 1 aromatic heterocycles. The monoisotopic (exact) mass is 202 g/mol. The number of esters is 1. The third-order valence-corrected chi connectivity index (χ3v) is 2.55. The Morgan fingerprint density at radius 1 is 1.60 bits per heavy atom. The van der Waals surface area contributed by atoms with Crippen LogP contribution in [0, 0.1) is 11.3 Å². The van der Waals surface area contributed by atoms with Crippen LogP contribution >= 0.6 is 0 Å². The first-order chi connectivity index (χ1) is 7.26. The summed E-state index contributed by atoms with van der Waals surface area (Å²) in [5, 5.41) is 8.90. The Hall–Kier alpha value is -1.89. The van der Waals surface area contributed by atoms with Gasteiger partial charge < -0.3 is 4.74 Å². The van der Waals surface area contributed by atoms with E-state index in [0.717, 1.165) is 30.5 Å². The third kappa shape index (κ3) is 1.57. The van der Waals surface area contributed by atoms with Gasteiger partial charge in [0.2, 0.25) is 0 Å². The van der Waals surface area contributed by atoms with Gasteiger partial charge in [-0.15, -0.1) is 0 Å². The second-order valence-corrected chi connectivity index (χ2v) is 3.45. The maximum Gasteiger partial charge on any atom is 0.358 e. The number of nitriles is 1. The predicted molar refractivity (Wildman–Crippen MR) is 52.3 cm³/mol. The predicted octanol–water partition coefficient (Wildman–Crippen LogP) is 1.23. The molecule has 1 aliphatic carbocycles. The van der Waals surface area contributed by atoms with Crippen LogP contribution in [0.3, 0.4) is 0 Å². The molecule has 2 rings (SSSR count). The number of ether oxygens (including phenoxy) is 1. The van der Waals surface area contributed by atoms with Crippen LogP contribution in [0.15, 0.2) is 6.07 Å². The molecule has 0 radical (unpaired) electrons. The summed E-state index contributed by atoms with van der Waals surface area (Å²) in [5.41, 5.74) is 2.46. The summed E-state index contributed by atoms with van der Waals surface area (Å²) in [5.74, 6) is -0.541. The lowest BCUT2D eigenvalue weighted by atomic mass is 10.1. The van der Waals surface area contributed by atoms with Crippen LogP contribution in [0.2, 0.25) is 0 Å². The van der Waals surface area contributed by atoms with Gasteiger partial charge in [0.05, 0.1) is 12.7 Å². The molecule has 1 aliphatic rings. The highest BCUT2D eigenvalue weighted by molar-refractivity contribution is 5.90. The molecule has 76 valence electrons. The molecule has 0 spiro atoms. The Morgan fingerprint density at radius 3 is 3.07 bits per heavy atom. The molecule has 0 aromatic carbocycles. The minimum absolute atomic E-state index is 0.139. The summed E-state index contributed by atoms with van der Waals surface area (Å²) in [6, 6.07) is 3.73. The average Bonchev–Trinajstić information content (AvgIpc) is 2.73. The van der Waals surface area contributed by atoms with Crippen molar-refractivity contribution in [3.05, 3.63) is 28.6 Å². The van der Waals surface area contributed by atoms with Gasteiger partial charge in [-0.05, 0) is 30.9 Å². The Kier molecular flexibility index (Phi) is 2.38. The number of hydrogen-bond acceptors (Lipinski definition) is 4. The Labute approximate surface area is 87.5 Å². The molecular formula is C11H10N2O2. The van der Waals surface area contributed by atoms with Gasteiger partial charge in [-0.1, -0.05) is 0 Å². The highest BCUT2D eigenvalue weighted by atomic mass is 16.5. The molecule has 0 bridgehead atoms. The number of methoxy groups -OCH3 is 1. The SMILES string of the molecule is COC(=O)c1nc2c(cc1C#N)CCC2. The lowest BCUT2D eigenvalue weighted by Crippen LogP contribution is -2.09. The molecule has 0 aliphatic heterocycles. The van der Waals surface area contributed by atoms with Crippen LogP contribution in [0.1, 0.15) is 33.7 Å². The fraction of sp³-hybridized carbons (Fsp3) is 0.364. The van der Waals surface area contributed by atoms with E-state index in [1.54, 1.807) is 6.07 Å². The van der Waals surface area contributed by atoms with E-state index in [2.05, 4.69) is 9.72 Å². The van der Waals surface area contributed by atoms with E-state index in [1.807, 2.05) is 6.07 Å². The van der Waals surface area contributed by atoms with Crippen molar-refractivity contribution in [3.63, 3.8) is 0 Å². The summed E-state index contributed by atoms with van der Waals surface area (Å²) in [6.07, 6.45) is 2.86. The molecule has 4 nitrogen and oxygen atoms in total. The minimum Gasteiger partial charge on any atom is -0.464 e. The van der Waals surface area contributed by atoms with Crippen molar-refractivity contribution in [2.75, 3.05) is 7.11 Å². The van der Waals surface area contributed by atoms with Gasteiger partial charge in [0.15, 0.2) is 5.69 Å². The van der Waals surface area contributed by atoms with Crippen LogP contribution < -0.4 is 0 Å². The number of fused-ring (bicyclic) bond motifs is 1. The molecule has 1 aromatic rings. The Bertz CT molecular complexity index is 460. The number of aryl methyl sites for hydroxylation is 2. The van der Waals surface area contributed by atoms with E-state index in [0.29, 0.717) is 5.56 Å². The topological polar surface area (TPSA) is 63.0 Å². The average molecular weight is 202 g/mol. The summed E-state index contributed by atoms with van der Waals surface area (Å²) < 4.78 is 4.59. The van der Waals surface area contributed by atoms with Gasteiger partial charge >= 0.3 is 5.97 Å². The van der Waals surface area contributed by atoms with Crippen LogP contribution in [-0.4, -0.2) is 18.1 Å². The van der Waals surface area contributed by atoms with Crippen molar-refractivity contribution in [1.82, 2.24) is 4.98 Å². The lowest BCUT2D eigenvalue weighted by Gasteiger charge is -2.04. The van der Waals surface area contributed by atoms with E-state index in [9.17, 15) is 4.79 Å². The lowest BCUT2D eigenvalue weighted by molar-refractivity contribution is 0.0593. The molecule has 4 heteroatoms. The molecule has 0 fully saturated rings. The van der Waals surface area contributed by atoms with Gasteiger partial charge in [-0.3, -0.25) is 0 Å². The molecule has 0 N–H and O–H groups in total. The molecule has 0 amide bonds. The number of pyridine rings is 1. The van der Waals surface area contributed by atoms with Crippen LogP contribution in [0.4, 0.5) is 0 Å². The van der Waals surface area contributed by atoms with Gasteiger partial charge in [0.1, 0.15) is 6.07 Å². The second kappa shape index (κ2) is 3.70. The highest BCUT2D eigenvalue weighted by Gasteiger charge is 2.20. The van der Waals surface area contributed by atoms with Gasteiger partial charge in [0.25, 0.3) is 0 Å². The number of hydrogen-bond donors (Lipinski definition) is 0. The van der Waals surface area contributed by atoms with Gasteiger partial charge in [-0.25, -0.2) is 9.78 Å². The van der Waals surface area contributed by atoms with Crippen molar-refractivity contribution in [2.45, 2.75) is 19.3 Å². The van der Waals surface area contributed by atoms with Gasteiger partial charge in [0, 0.05) is 5.69 Å². The smallest absolute Gasteiger partial charge is 0.358 e. The van der Waals surface area contributed by atoms with Crippen molar-refractivity contribution in [1.29, 1.82) is 5.26 Å². The third-order valence-electron chi connectivity index (χ3n) is 2.55. The summed E-state index contributed by atoms with van der Waals surface area (Å²) in [7, 11) is 1.29. The van der Waals surface area contributed by atoms with E-state index in [1.165, 1.54) is 7.11 Å². The molecule has 0 saturated heterocycles. The van der Waals surface area contributed by atoms with Crippen LogP contribution in [0.5, 0.6) is 0 Å². The fourth-order valence-electron chi connectivity index (χ4n) is 1.81. The van der Waals surface area contributed by atoms with E-state index in [-0.39, 0.29) is 5.69 Å². The molecule has 0 atom stereocenters. The van der Waals surface area contributed by atoms with Crippen molar-refractivity contribution < 1.29 is 9.53 Å². The zero-order valence-corrected chi connectivity index (χ0v) is 8.41. The zero-order valence-electron chi connectivity index (χ0n) is 8.41. The first-order valence-electron chi connectivity index (χ1n) is 4.77. The van der Waals surface area contributed by atoms with Crippen LogP contribution in [-0.2, 0) is 17.6 Å². The molecule has 0 saturated carbocycles. The summed E-state index contributed by atoms with van der Waals surface area (Å²) in [6.45, 7) is 0. The highest BCUT2D eigenvalue weighted by Crippen LogP contribution is 2.22. The number of carbonyl (C=O) groups excluding carboxylic acids is 1. The number of carbonyl (C=O) groups is 1. The van der Waals surface area contributed by atoms with Crippen molar-refractivity contribution in [3.8, 4) is 6.07 Å². The van der Waals surface area contributed by atoms with Crippen molar-refractivity contribution in [2.24, 2.45) is 0 Å². The number of nitrogens with zero attached hydrogens (tertiary/aromatic N) is 2. The van der Waals surface area contributed by atoms with E-state index < -0.39 is 5.97 Å². The maximum atomic E-state index is 11.4. The van der Waals surface area contributed by atoms with E-state index in [4.69, 9.17) is 5.26 Å². The standard InChI is InChI=1S/C11H10N2O2/c1-15-11(14)10-8(6-12)5-7-3-2-4-9(7)13-10/h5H,2-4H2,1H3. The molecule has 15 heavy (non-hydrogen) atoms. The first-order valence-corrected chi connectivity index (χ1v) is 4.77. The summed E-state index contributed by atoms with van der Waals surface area (Å²) >= 11 is 0. The zero-order chi connectivity index (χ0) is 10.8. The minimum atomic E-state index is -0.541. The van der Waals surface area contributed by atoms with E-state index >= 15 is 0 Å². The quantitative estimate of drug-likeness (QED) is 0.642. The molecular weight excluding hydrogens is 192 g/mol. The summed E-state index contributed by atoms with van der Waals surface area (Å²) in [4.78, 5) is 15.6. The maximum absolute atomic E-state index is 11.4. The molecule has 0 unspecified atom stereocenters. The largest absolute Gasteiger partial charge is 0.464 e. The van der Waals surface area contributed by atoms with Crippen LogP contribution in [0.25, 0.3) is 0 Å². The number of rotatable bonds is 1.